The number of halogens is 2. The number of hydrogen-bond acceptors (Lipinski definition) is 4. The van der Waals surface area contributed by atoms with E-state index in [1.54, 1.807) is 18.3 Å². The van der Waals surface area contributed by atoms with E-state index in [4.69, 9.17) is 11.6 Å². The van der Waals surface area contributed by atoms with Crippen LogP contribution in [0.2, 0.25) is 5.02 Å². The summed E-state index contributed by atoms with van der Waals surface area (Å²) in [4.78, 5) is 14.4. The zero-order chi connectivity index (χ0) is 18.8. The monoisotopic (exact) mass is 366 g/mol. The summed E-state index contributed by atoms with van der Waals surface area (Å²) < 4.78 is 14.5. The molecule has 0 saturated carbocycles. The molecular formula is C18H24ClFN4O. The van der Waals surface area contributed by atoms with Gasteiger partial charge in [0.05, 0.1) is 23.5 Å². The van der Waals surface area contributed by atoms with Crippen molar-refractivity contribution in [1.29, 1.82) is 0 Å². The van der Waals surface area contributed by atoms with Crippen molar-refractivity contribution in [3.63, 3.8) is 0 Å². The number of hydrogen-bond donors (Lipinski definition) is 1. The highest BCUT2D eigenvalue weighted by Crippen LogP contribution is 2.22. The molecular weight excluding hydrogens is 343 g/mol. The maximum absolute atomic E-state index is 13.1. The quantitative estimate of drug-likeness (QED) is 0.879. The lowest BCUT2D eigenvalue weighted by atomic mass is 10.1. The number of anilines is 1. The van der Waals surface area contributed by atoms with E-state index in [9.17, 15) is 9.18 Å². The zero-order valence-corrected chi connectivity index (χ0v) is 15.9. The van der Waals surface area contributed by atoms with Crippen molar-refractivity contribution in [2.24, 2.45) is 0 Å². The number of rotatable bonds is 5. The van der Waals surface area contributed by atoms with Gasteiger partial charge in [-0.3, -0.25) is 4.79 Å². The normalized spacial score (nSPS) is 13.1. The average molecular weight is 367 g/mol. The molecule has 136 valence electrons. The zero-order valence-electron chi connectivity index (χ0n) is 15.2. The van der Waals surface area contributed by atoms with Gasteiger partial charge < -0.3 is 10.2 Å². The van der Waals surface area contributed by atoms with Gasteiger partial charge in [-0.05, 0) is 52.6 Å². The lowest BCUT2D eigenvalue weighted by Crippen LogP contribution is -2.36. The van der Waals surface area contributed by atoms with Crippen LogP contribution in [0.1, 0.15) is 32.4 Å². The predicted octanol–water partition coefficient (Wildman–Crippen LogP) is 3.51. The Bertz CT molecular complexity index is 781. The first-order chi connectivity index (χ1) is 11.6. The first-order valence-electron chi connectivity index (χ1n) is 8.05. The molecule has 0 aliphatic heterocycles. The van der Waals surface area contributed by atoms with Crippen LogP contribution in [-0.2, 0) is 5.54 Å². The van der Waals surface area contributed by atoms with Crippen LogP contribution in [-0.4, -0.2) is 35.3 Å². The maximum Gasteiger partial charge on any atom is 0.288 e. The molecule has 1 heterocycles. The van der Waals surface area contributed by atoms with E-state index in [2.05, 4.69) is 10.4 Å². The molecule has 2 rings (SSSR count). The van der Waals surface area contributed by atoms with Crippen LogP contribution in [0.3, 0.4) is 0 Å². The number of likely N-dealkylation sites (N-methyl/N-ethyl adjacent to an activating group) is 1. The van der Waals surface area contributed by atoms with Gasteiger partial charge in [0.1, 0.15) is 10.8 Å². The summed E-state index contributed by atoms with van der Waals surface area (Å²) in [5.74, 6) is -0.271. The molecule has 2 aromatic rings. The second-order valence-electron chi connectivity index (χ2n) is 7.17. The fourth-order valence-electron chi connectivity index (χ4n) is 2.52. The topological polar surface area (TPSA) is 50.2 Å². The van der Waals surface area contributed by atoms with Crippen molar-refractivity contribution in [2.45, 2.75) is 32.4 Å². The number of nitrogens with one attached hydrogen (secondary N) is 1. The van der Waals surface area contributed by atoms with E-state index in [-0.39, 0.29) is 22.4 Å². The molecule has 0 fully saturated rings. The van der Waals surface area contributed by atoms with Crippen LogP contribution in [0.25, 0.3) is 0 Å². The Morgan fingerprint density at radius 3 is 2.40 bits per heavy atom. The van der Waals surface area contributed by atoms with Crippen LogP contribution in [0, 0.1) is 5.82 Å². The van der Waals surface area contributed by atoms with Crippen molar-refractivity contribution in [3.8, 4) is 0 Å². The van der Waals surface area contributed by atoms with Gasteiger partial charge in [-0.1, -0.05) is 23.7 Å². The van der Waals surface area contributed by atoms with Gasteiger partial charge in [0.2, 0.25) is 0 Å². The van der Waals surface area contributed by atoms with Gasteiger partial charge >= 0.3 is 0 Å². The highest BCUT2D eigenvalue weighted by atomic mass is 35.5. The van der Waals surface area contributed by atoms with E-state index in [1.807, 2.05) is 39.8 Å². The molecule has 1 aromatic heterocycles. The van der Waals surface area contributed by atoms with Crippen molar-refractivity contribution in [2.75, 3.05) is 26.0 Å². The second-order valence-corrected chi connectivity index (χ2v) is 7.55. The Kier molecular flexibility index (Phi) is 5.85. The van der Waals surface area contributed by atoms with E-state index < -0.39 is 5.54 Å². The lowest BCUT2D eigenvalue weighted by Gasteiger charge is -2.26. The third kappa shape index (κ3) is 4.58. The summed E-state index contributed by atoms with van der Waals surface area (Å²) in [7, 11) is 3.88. The number of nitrogens with zero attached hydrogens (tertiary/aromatic N) is 3. The molecule has 0 spiro atoms. The molecule has 5 nitrogen and oxygen atoms in total. The standard InChI is InChI=1S/C18H24ClFN4O/c1-18(2,3)24-17(25)16(19)14(10-22-24)21-11-15(23(4)5)12-6-8-13(20)9-7-12/h6-10,15,21H,11H2,1-5H3. The third-order valence-electron chi connectivity index (χ3n) is 3.92. The molecule has 1 unspecified atom stereocenters. The Balaban J connectivity index is 2.23. The first kappa shape index (κ1) is 19.4. The highest BCUT2D eigenvalue weighted by molar-refractivity contribution is 6.32. The van der Waals surface area contributed by atoms with Crippen LogP contribution >= 0.6 is 11.6 Å². The van der Waals surface area contributed by atoms with Crippen LogP contribution in [0.4, 0.5) is 10.1 Å². The molecule has 7 heteroatoms. The third-order valence-corrected chi connectivity index (χ3v) is 4.28. The molecule has 0 aliphatic rings. The lowest BCUT2D eigenvalue weighted by molar-refractivity contribution is 0.311. The fraction of sp³-hybridized carbons (Fsp3) is 0.444. The minimum absolute atomic E-state index is 0.0123. The molecule has 0 radical (unpaired) electrons. The molecule has 25 heavy (non-hydrogen) atoms. The van der Waals surface area contributed by atoms with Crippen molar-refractivity contribution >= 4 is 17.3 Å². The summed E-state index contributed by atoms with van der Waals surface area (Å²) in [6.45, 7) is 6.17. The van der Waals surface area contributed by atoms with E-state index in [0.29, 0.717) is 12.2 Å². The van der Waals surface area contributed by atoms with Gasteiger partial charge in [0.25, 0.3) is 5.56 Å². The minimum Gasteiger partial charge on any atom is -0.380 e. The highest BCUT2D eigenvalue weighted by Gasteiger charge is 2.20. The smallest absolute Gasteiger partial charge is 0.288 e. The SMILES string of the molecule is CN(C)C(CNc1cnn(C(C)(C)C)c(=O)c1Cl)c1ccc(F)cc1. The Morgan fingerprint density at radius 2 is 1.88 bits per heavy atom. The van der Waals surface area contributed by atoms with Gasteiger partial charge in [0, 0.05) is 6.54 Å². The van der Waals surface area contributed by atoms with Gasteiger partial charge in [-0.15, -0.1) is 0 Å². The Morgan fingerprint density at radius 1 is 1.28 bits per heavy atom. The van der Waals surface area contributed by atoms with Gasteiger partial charge in [-0.25, -0.2) is 9.07 Å². The predicted molar refractivity (Wildman–Crippen MR) is 99.8 cm³/mol. The first-order valence-corrected chi connectivity index (χ1v) is 8.43. The minimum atomic E-state index is -0.445. The van der Waals surface area contributed by atoms with Crippen molar-refractivity contribution < 1.29 is 4.39 Å². The summed E-state index contributed by atoms with van der Waals surface area (Å²) in [6, 6.07) is 6.36. The summed E-state index contributed by atoms with van der Waals surface area (Å²) >= 11 is 6.24. The summed E-state index contributed by atoms with van der Waals surface area (Å²) in [6.07, 6.45) is 1.56. The Labute approximate surface area is 152 Å². The van der Waals surface area contributed by atoms with Crippen LogP contribution in [0.5, 0.6) is 0 Å². The molecule has 1 aromatic carbocycles. The fourth-order valence-corrected chi connectivity index (χ4v) is 2.72. The number of benzene rings is 1. The molecule has 1 N–H and O–H groups in total. The second kappa shape index (κ2) is 7.54. The van der Waals surface area contributed by atoms with Crippen LogP contribution in [0.15, 0.2) is 35.3 Å². The average Bonchev–Trinajstić information content (AvgIpc) is 2.51. The largest absolute Gasteiger partial charge is 0.380 e. The maximum atomic E-state index is 13.1. The Hall–Kier alpha value is -1.92. The van der Waals surface area contributed by atoms with E-state index in [0.717, 1.165) is 5.56 Å². The van der Waals surface area contributed by atoms with Gasteiger partial charge in [-0.2, -0.15) is 5.10 Å². The van der Waals surface area contributed by atoms with E-state index >= 15 is 0 Å². The summed E-state index contributed by atoms with van der Waals surface area (Å²) in [5, 5.41) is 7.51. The molecule has 0 saturated heterocycles. The molecule has 0 aliphatic carbocycles. The number of aromatic nitrogens is 2. The van der Waals surface area contributed by atoms with E-state index in [1.165, 1.54) is 16.8 Å². The van der Waals surface area contributed by atoms with Crippen molar-refractivity contribution in [3.05, 3.63) is 57.2 Å². The van der Waals surface area contributed by atoms with Crippen molar-refractivity contribution in [1.82, 2.24) is 14.7 Å². The van der Waals surface area contributed by atoms with Gasteiger partial charge in [0.15, 0.2) is 0 Å². The molecule has 0 bridgehead atoms. The molecule has 0 amide bonds. The van der Waals surface area contributed by atoms with Crippen LogP contribution < -0.4 is 10.9 Å². The summed E-state index contributed by atoms with van der Waals surface area (Å²) in [5.41, 5.74) is 0.675. The molecule has 1 atom stereocenters.